The van der Waals surface area contributed by atoms with Crippen molar-refractivity contribution in [3.05, 3.63) is 95.6 Å². The van der Waals surface area contributed by atoms with Crippen LogP contribution in [-0.2, 0) is 10.1 Å². The molecule has 0 saturated carbocycles. The summed E-state index contributed by atoms with van der Waals surface area (Å²) in [5.41, 5.74) is 2.21. The molecule has 0 spiro atoms. The van der Waals surface area contributed by atoms with Gasteiger partial charge in [0.2, 0.25) is 0 Å². The van der Waals surface area contributed by atoms with E-state index in [1.54, 1.807) is 6.92 Å². The van der Waals surface area contributed by atoms with Crippen LogP contribution >= 0.6 is 22.6 Å². The quantitative estimate of drug-likeness (QED) is 0.113. The van der Waals surface area contributed by atoms with Crippen molar-refractivity contribution < 1.29 is 32.0 Å². The lowest BCUT2D eigenvalue weighted by Gasteiger charge is -2.14. The number of nitro benzene ring substituents is 2. The Bertz CT molecular complexity index is 1490. The number of ether oxygens (including phenoxy) is 1. The second-order valence-electron chi connectivity index (χ2n) is 7.06. The predicted molar refractivity (Wildman–Crippen MR) is 139 cm³/mol. The van der Waals surface area contributed by atoms with Crippen molar-refractivity contribution in [2.24, 2.45) is 5.10 Å². The topological polar surface area (TPSA) is 180 Å². The molecular weight excluding hydrogens is 623 g/mol. The highest BCUT2D eigenvalue weighted by molar-refractivity contribution is 14.1. The first-order valence-corrected chi connectivity index (χ1v) is 12.7. The molecule has 13 nitrogen and oxygen atoms in total. The molecule has 0 aromatic heterocycles. The summed E-state index contributed by atoms with van der Waals surface area (Å²) in [5, 5.41) is 25.5. The molecule has 0 bridgehead atoms. The number of nitrogens with one attached hydrogen (secondary N) is 1. The summed E-state index contributed by atoms with van der Waals surface area (Å²) in [5.74, 6) is -0.696. The van der Waals surface area contributed by atoms with Crippen LogP contribution in [0.3, 0.4) is 0 Å². The fraction of sp³-hybridized carbons (Fsp3) is 0.0909. The second kappa shape index (κ2) is 11.7. The highest BCUT2D eigenvalue weighted by Crippen LogP contribution is 2.36. The van der Waals surface area contributed by atoms with Gasteiger partial charge in [-0.25, -0.2) is 5.43 Å². The van der Waals surface area contributed by atoms with E-state index < -0.39 is 25.9 Å². The third-order valence-corrected chi connectivity index (χ3v) is 6.60. The van der Waals surface area contributed by atoms with Gasteiger partial charge in [0.25, 0.3) is 17.3 Å². The zero-order valence-electron chi connectivity index (χ0n) is 18.9. The van der Waals surface area contributed by atoms with Gasteiger partial charge >= 0.3 is 10.1 Å². The van der Waals surface area contributed by atoms with Gasteiger partial charge < -0.3 is 8.92 Å². The number of rotatable bonds is 10. The number of carbonyl (C=O) groups excluding carboxylic acids is 1. The van der Waals surface area contributed by atoms with Gasteiger partial charge in [-0.05, 0) is 65.4 Å². The van der Waals surface area contributed by atoms with Crippen LogP contribution in [0.25, 0.3) is 0 Å². The van der Waals surface area contributed by atoms with Crippen LogP contribution in [0.15, 0.2) is 70.7 Å². The molecule has 0 radical (unpaired) electrons. The van der Waals surface area contributed by atoms with Crippen molar-refractivity contribution >= 4 is 56.2 Å². The first-order chi connectivity index (χ1) is 17.5. The van der Waals surface area contributed by atoms with Gasteiger partial charge in [0.1, 0.15) is 4.90 Å². The molecule has 3 rings (SSSR count). The van der Waals surface area contributed by atoms with Gasteiger partial charge in [-0.1, -0.05) is 6.07 Å². The van der Waals surface area contributed by atoms with E-state index in [0.29, 0.717) is 9.13 Å². The van der Waals surface area contributed by atoms with Gasteiger partial charge in [-0.15, -0.1) is 0 Å². The molecule has 0 unspecified atom stereocenters. The molecule has 0 aliphatic carbocycles. The molecule has 37 heavy (non-hydrogen) atoms. The van der Waals surface area contributed by atoms with Crippen LogP contribution in [0.2, 0.25) is 0 Å². The summed E-state index contributed by atoms with van der Waals surface area (Å²) >= 11 is 1.84. The van der Waals surface area contributed by atoms with E-state index in [4.69, 9.17) is 8.92 Å². The minimum Gasteiger partial charge on any atom is -0.490 e. The summed E-state index contributed by atoms with van der Waals surface area (Å²) < 4.78 is 36.7. The third kappa shape index (κ3) is 6.98. The highest BCUT2D eigenvalue weighted by atomic mass is 127. The van der Waals surface area contributed by atoms with Crippen molar-refractivity contribution in [3.8, 4) is 11.5 Å². The molecule has 0 fully saturated rings. The van der Waals surface area contributed by atoms with Gasteiger partial charge in [-0.2, -0.15) is 13.5 Å². The molecule has 3 aromatic carbocycles. The lowest BCUT2D eigenvalue weighted by atomic mass is 10.2. The summed E-state index contributed by atoms with van der Waals surface area (Å²) in [6.45, 7) is 1.86. The Morgan fingerprint density at radius 1 is 1.05 bits per heavy atom. The Labute approximate surface area is 223 Å². The number of hydrogen-bond acceptors (Lipinski definition) is 10. The minimum absolute atomic E-state index is 0.0381. The number of hydrogen-bond donors (Lipinski definition) is 1. The molecule has 0 aliphatic rings. The largest absolute Gasteiger partial charge is 0.490 e. The Balaban J connectivity index is 1.81. The van der Waals surface area contributed by atoms with E-state index in [9.17, 15) is 33.4 Å². The maximum Gasteiger partial charge on any atom is 0.339 e. The molecule has 0 aliphatic heterocycles. The predicted octanol–water partition coefficient (Wildman–Crippen LogP) is 4.04. The molecule has 192 valence electrons. The molecule has 0 heterocycles. The summed E-state index contributed by atoms with van der Waals surface area (Å²) in [4.78, 5) is 32.4. The molecule has 0 saturated heterocycles. The zero-order chi connectivity index (χ0) is 27.2. The average molecular weight is 640 g/mol. The fourth-order valence-corrected chi connectivity index (χ4v) is 4.73. The van der Waals surface area contributed by atoms with E-state index >= 15 is 0 Å². The molecule has 1 N–H and O–H groups in total. The van der Waals surface area contributed by atoms with Gasteiger partial charge in [-0.3, -0.25) is 25.0 Å². The smallest absolute Gasteiger partial charge is 0.339 e. The lowest BCUT2D eigenvalue weighted by Crippen LogP contribution is -2.17. The van der Waals surface area contributed by atoms with Crippen molar-refractivity contribution in [1.82, 2.24) is 5.43 Å². The highest BCUT2D eigenvalue weighted by Gasteiger charge is 2.23. The molecule has 1 amide bonds. The van der Waals surface area contributed by atoms with E-state index in [-0.39, 0.29) is 39.9 Å². The van der Waals surface area contributed by atoms with Crippen LogP contribution in [0.1, 0.15) is 22.8 Å². The number of nitrogens with zero attached hydrogens (tertiary/aromatic N) is 3. The zero-order valence-corrected chi connectivity index (χ0v) is 21.8. The SMILES string of the molecule is CCOc1cc(/C=N\NC(=O)c2cccc([N+](=O)[O-])c2)cc(I)c1OS(=O)(=O)c1ccc([N+](=O)[O-])cc1. The van der Waals surface area contributed by atoms with Gasteiger partial charge in [0.15, 0.2) is 11.5 Å². The fourth-order valence-electron chi connectivity index (χ4n) is 2.89. The summed E-state index contributed by atoms with van der Waals surface area (Å²) in [6.07, 6.45) is 1.27. The number of hydrazone groups is 1. The second-order valence-corrected chi connectivity index (χ2v) is 9.77. The normalized spacial score (nSPS) is 11.2. The lowest BCUT2D eigenvalue weighted by molar-refractivity contribution is -0.385. The Kier molecular flexibility index (Phi) is 8.72. The number of carbonyl (C=O) groups is 1. The maximum atomic E-state index is 12.8. The van der Waals surface area contributed by atoms with Crippen molar-refractivity contribution in [3.63, 3.8) is 0 Å². The summed E-state index contributed by atoms with van der Waals surface area (Å²) in [6, 6.07) is 12.3. The Morgan fingerprint density at radius 2 is 1.73 bits per heavy atom. The number of halogens is 1. The van der Waals surface area contributed by atoms with Crippen LogP contribution < -0.4 is 14.3 Å². The summed E-state index contributed by atoms with van der Waals surface area (Å²) in [7, 11) is -4.35. The van der Waals surface area contributed by atoms with Crippen LogP contribution in [0.5, 0.6) is 11.5 Å². The van der Waals surface area contributed by atoms with Crippen LogP contribution in [-0.4, -0.2) is 37.0 Å². The number of amides is 1. The van der Waals surface area contributed by atoms with Crippen LogP contribution in [0.4, 0.5) is 11.4 Å². The Morgan fingerprint density at radius 3 is 2.35 bits per heavy atom. The van der Waals surface area contributed by atoms with Crippen molar-refractivity contribution in [1.29, 1.82) is 0 Å². The van der Waals surface area contributed by atoms with E-state index in [0.717, 1.165) is 30.3 Å². The van der Waals surface area contributed by atoms with Crippen molar-refractivity contribution in [2.75, 3.05) is 6.61 Å². The monoisotopic (exact) mass is 640 g/mol. The number of non-ortho nitro benzene ring substituents is 2. The van der Waals surface area contributed by atoms with Gasteiger partial charge in [0.05, 0.1) is 26.2 Å². The number of benzene rings is 3. The molecule has 0 atom stereocenters. The average Bonchev–Trinajstić information content (AvgIpc) is 2.86. The first kappa shape index (κ1) is 27.5. The molecular formula is C22H17IN4O9S. The third-order valence-electron chi connectivity index (χ3n) is 4.56. The maximum absolute atomic E-state index is 12.8. The minimum atomic E-state index is -4.35. The Hall–Kier alpha value is -4.12. The van der Waals surface area contributed by atoms with Gasteiger partial charge in [0, 0.05) is 29.8 Å². The van der Waals surface area contributed by atoms with E-state index in [1.165, 1.54) is 36.5 Å². The van der Waals surface area contributed by atoms with E-state index in [2.05, 4.69) is 10.5 Å². The molecule has 15 heteroatoms. The van der Waals surface area contributed by atoms with E-state index in [1.807, 2.05) is 22.6 Å². The van der Waals surface area contributed by atoms with Crippen LogP contribution in [0, 0.1) is 23.8 Å². The molecule has 3 aromatic rings. The standard InChI is InChI=1S/C22H17IN4O9S/c1-2-35-20-11-14(13-24-25-22(28)15-4-3-5-17(12-15)27(31)32)10-19(23)21(20)36-37(33,34)18-8-6-16(7-9-18)26(29)30/h3-13H,2H2,1H3,(H,25,28)/b24-13-. The first-order valence-electron chi connectivity index (χ1n) is 10.2. The van der Waals surface area contributed by atoms with Crippen molar-refractivity contribution in [2.45, 2.75) is 11.8 Å². The number of nitro groups is 2.